The zero-order valence-corrected chi connectivity index (χ0v) is 23.2. The number of hydrogen-bond donors (Lipinski definition) is 0. The van der Waals surface area contributed by atoms with Crippen molar-refractivity contribution in [2.75, 3.05) is 12.8 Å². The largest absolute Gasteiger partial charge is 0.424 e. The Morgan fingerprint density at radius 3 is 1.70 bits per heavy atom. The average molecular weight is 481 g/mol. The summed E-state index contributed by atoms with van der Waals surface area (Å²) in [6.45, 7) is 9.19. The topological polar surface area (TPSA) is 35.5 Å². The summed E-state index contributed by atoms with van der Waals surface area (Å²) in [5.41, 5.74) is 1.09. The minimum atomic E-state index is -3.11. The normalized spacial score (nSPS) is 13.4. The van der Waals surface area contributed by atoms with Gasteiger partial charge in [0.2, 0.25) is 0 Å². The molecule has 0 fully saturated rings. The average Bonchev–Trinajstić information content (AvgIpc) is 2.80. The molecular formula is C29H53O3P. The van der Waals surface area contributed by atoms with Crippen LogP contribution >= 0.6 is 7.60 Å². The van der Waals surface area contributed by atoms with Gasteiger partial charge in [-0.3, -0.25) is 4.52 Å². The van der Waals surface area contributed by atoms with Gasteiger partial charge in [0.25, 0.3) is 0 Å². The quantitative estimate of drug-likeness (QED) is 0.122. The summed E-state index contributed by atoms with van der Waals surface area (Å²) in [7, 11) is -3.11. The Hall–Kier alpha value is -0.790. The third-order valence-electron chi connectivity index (χ3n) is 6.35. The first-order chi connectivity index (χ1) is 16.0. The van der Waals surface area contributed by atoms with E-state index in [0.29, 0.717) is 24.4 Å². The zero-order chi connectivity index (χ0) is 24.2. The molecule has 0 N–H and O–H groups in total. The van der Waals surface area contributed by atoms with Crippen LogP contribution in [-0.4, -0.2) is 12.8 Å². The van der Waals surface area contributed by atoms with Crippen molar-refractivity contribution in [2.45, 2.75) is 136 Å². The van der Waals surface area contributed by atoms with E-state index in [4.69, 9.17) is 9.05 Å². The lowest BCUT2D eigenvalue weighted by Crippen LogP contribution is -2.06. The van der Waals surface area contributed by atoms with E-state index in [0.717, 1.165) is 31.2 Å². The highest BCUT2D eigenvalue weighted by atomic mass is 31.2. The summed E-state index contributed by atoms with van der Waals surface area (Å²) in [5.74, 6) is 1.04. The third-order valence-corrected chi connectivity index (χ3v) is 8.26. The van der Waals surface area contributed by atoms with Gasteiger partial charge in [0.1, 0.15) is 5.75 Å². The van der Waals surface area contributed by atoms with Gasteiger partial charge in [0.05, 0.1) is 12.8 Å². The highest BCUT2D eigenvalue weighted by Gasteiger charge is 2.26. The van der Waals surface area contributed by atoms with E-state index in [1.165, 1.54) is 77.0 Å². The summed E-state index contributed by atoms with van der Waals surface area (Å²) in [4.78, 5) is 0. The van der Waals surface area contributed by atoms with Crippen LogP contribution in [0.25, 0.3) is 0 Å². The third kappa shape index (κ3) is 14.9. The second kappa shape index (κ2) is 19.5. The van der Waals surface area contributed by atoms with Gasteiger partial charge < -0.3 is 4.52 Å². The molecule has 192 valence electrons. The number of para-hydroxylation sites is 1. The van der Waals surface area contributed by atoms with E-state index >= 15 is 0 Å². The molecule has 0 aliphatic rings. The van der Waals surface area contributed by atoms with Crippen LogP contribution in [0.2, 0.25) is 0 Å². The van der Waals surface area contributed by atoms with Crippen molar-refractivity contribution < 1.29 is 13.6 Å². The van der Waals surface area contributed by atoms with Crippen LogP contribution in [0.1, 0.15) is 142 Å². The summed E-state index contributed by atoms with van der Waals surface area (Å²) in [6.07, 6.45) is 21.0. The van der Waals surface area contributed by atoms with Crippen molar-refractivity contribution in [1.29, 1.82) is 0 Å². The van der Waals surface area contributed by atoms with Crippen molar-refractivity contribution >= 4 is 7.60 Å². The van der Waals surface area contributed by atoms with Crippen LogP contribution in [0.3, 0.4) is 0 Å². The van der Waals surface area contributed by atoms with Crippen molar-refractivity contribution in [3.05, 3.63) is 29.8 Å². The molecule has 1 aromatic carbocycles. The van der Waals surface area contributed by atoms with Gasteiger partial charge in [0, 0.05) is 0 Å². The monoisotopic (exact) mass is 480 g/mol. The molecule has 4 heteroatoms. The smallest absolute Gasteiger partial charge is 0.379 e. The Kier molecular flexibility index (Phi) is 17.9. The molecule has 3 nitrogen and oxygen atoms in total. The van der Waals surface area contributed by atoms with Gasteiger partial charge in [0.15, 0.2) is 0 Å². The minimum Gasteiger partial charge on any atom is -0.424 e. The number of rotatable bonds is 22. The van der Waals surface area contributed by atoms with Gasteiger partial charge in [-0.25, -0.2) is 4.57 Å². The molecule has 0 aliphatic carbocycles. The van der Waals surface area contributed by atoms with Crippen LogP contribution in [0.4, 0.5) is 0 Å². The molecule has 1 rings (SSSR count). The number of benzene rings is 1. The van der Waals surface area contributed by atoms with Crippen molar-refractivity contribution in [3.63, 3.8) is 0 Å². The van der Waals surface area contributed by atoms with Crippen molar-refractivity contribution in [3.8, 4) is 5.75 Å². The molecule has 0 aliphatic heterocycles. The fourth-order valence-electron chi connectivity index (χ4n) is 4.18. The van der Waals surface area contributed by atoms with Gasteiger partial charge in [-0.15, -0.1) is 0 Å². The predicted molar refractivity (Wildman–Crippen MR) is 145 cm³/mol. The maximum absolute atomic E-state index is 13.4. The maximum Gasteiger partial charge on any atom is 0.379 e. The summed E-state index contributed by atoms with van der Waals surface area (Å²) in [5, 5.41) is 0. The highest BCUT2D eigenvalue weighted by Crippen LogP contribution is 2.50. The predicted octanol–water partition coefficient (Wildman–Crippen LogP) is 10.7. The van der Waals surface area contributed by atoms with Gasteiger partial charge in [-0.05, 0) is 30.4 Å². The summed E-state index contributed by atoms with van der Waals surface area (Å²) < 4.78 is 25.4. The second-order valence-electron chi connectivity index (χ2n) is 9.90. The molecule has 1 aromatic rings. The van der Waals surface area contributed by atoms with Crippen LogP contribution in [0.5, 0.6) is 5.75 Å². The molecule has 33 heavy (non-hydrogen) atoms. The Morgan fingerprint density at radius 1 is 0.697 bits per heavy atom. The number of hydrogen-bond acceptors (Lipinski definition) is 3. The standard InChI is InChI=1S/C29H53O3P/c1-5-7-9-10-11-12-13-14-15-16-17-18-19-22-25-31-33(30,26-8-6-2)32-29-24-21-20-23-28(29)27(3)4/h20-21,23-24,27H,5-19,22,25-26H2,1-4H3. The Bertz CT molecular complexity index is 629. The Balaban J connectivity index is 2.19. The maximum atomic E-state index is 13.4. The molecule has 0 aromatic heterocycles. The van der Waals surface area contributed by atoms with Crippen molar-refractivity contribution in [1.82, 2.24) is 0 Å². The first-order valence-electron chi connectivity index (χ1n) is 14.0. The van der Waals surface area contributed by atoms with Crippen LogP contribution in [0.15, 0.2) is 24.3 Å². The molecule has 0 saturated heterocycles. The van der Waals surface area contributed by atoms with Crippen LogP contribution in [-0.2, 0) is 9.09 Å². The van der Waals surface area contributed by atoms with Gasteiger partial charge in [-0.1, -0.05) is 136 Å². The van der Waals surface area contributed by atoms with E-state index in [9.17, 15) is 4.57 Å². The Labute approximate surface area is 206 Å². The molecule has 0 radical (unpaired) electrons. The SMILES string of the molecule is CCCCCCCCCCCCCCCCOP(=O)(CCCC)Oc1ccccc1C(C)C. The number of unbranched alkanes of at least 4 members (excludes halogenated alkanes) is 14. The molecule has 0 spiro atoms. The molecule has 0 amide bonds. The Morgan fingerprint density at radius 2 is 1.18 bits per heavy atom. The van der Waals surface area contributed by atoms with E-state index < -0.39 is 7.60 Å². The fraction of sp³-hybridized carbons (Fsp3) is 0.793. The lowest BCUT2D eigenvalue weighted by Gasteiger charge is -2.22. The highest BCUT2D eigenvalue weighted by molar-refractivity contribution is 7.54. The van der Waals surface area contributed by atoms with Gasteiger partial charge >= 0.3 is 7.60 Å². The minimum absolute atomic E-state index is 0.326. The lowest BCUT2D eigenvalue weighted by atomic mass is 10.0. The van der Waals surface area contributed by atoms with E-state index in [1.807, 2.05) is 18.2 Å². The van der Waals surface area contributed by atoms with E-state index in [2.05, 4.69) is 33.8 Å². The first-order valence-corrected chi connectivity index (χ1v) is 15.8. The van der Waals surface area contributed by atoms with Crippen molar-refractivity contribution in [2.24, 2.45) is 0 Å². The van der Waals surface area contributed by atoms with E-state index in [1.54, 1.807) is 0 Å². The molecule has 1 unspecified atom stereocenters. The fourth-order valence-corrected chi connectivity index (χ4v) is 6.03. The molecular weight excluding hydrogens is 427 g/mol. The second-order valence-corrected chi connectivity index (χ2v) is 12.0. The van der Waals surface area contributed by atoms with Gasteiger partial charge in [-0.2, -0.15) is 0 Å². The first kappa shape index (κ1) is 30.2. The zero-order valence-electron chi connectivity index (χ0n) is 22.3. The summed E-state index contributed by atoms with van der Waals surface area (Å²) in [6, 6.07) is 7.93. The molecule has 0 saturated carbocycles. The lowest BCUT2D eigenvalue weighted by molar-refractivity contribution is 0.256. The van der Waals surface area contributed by atoms with Crippen LogP contribution < -0.4 is 4.52 Å². The molecule has 0 heterocycles. The molecule has 0 bridgehead atoms. The molecule has 1 atom stereocenters. The van der Waals surface area contributed by atoms with Crippen LogP contribution in [0, 0.1) is 0 Å². The van der Waals surface area contributed by atoms with E-state index in [-0.39, 0.29) is 0 Å². The summed E-state index contributed by atoms with van der Waals surface area (Å²) >= 11 is 0.